The summed E-state index contributed by atoms with van der Waals surface area (Å²) in [6.45, 7) is 1.12. The summed E-state index contributed by atoms with van der Waals surface area (Å²) in [5.41, 5.74) is 2.56. The normalized spacial score (nSPS) is 10.3. The minimum Gasteiger partial charge on any atom is -0.497 e. The predicted octanol–water partition coefficient (Wildman–Crippen LogP) is 3.07. The van der Waals surface area contributed by atoms with Crippen LogP contribution >= 0.6 is 0 Å². The molecule has 2 aromatic carbocycles. The van der Waals surface area contributed by atoms with E-state index in [1.54, 1.807) is 19.4 Å². The van der Waals surface area contributed by atoms with Crippen molar-refractivity contribution in [1.82, 2.24) is 15.3 Å². The van der Waals surface area contributed by atoms with Crippen LogP contribution in [0.25, 0.3) is 0 Å². The number of nitrogens with one attached hydrogen (secondary N) is 2. The van der Waals surface area contributed by atoms with E-state index in [-0.39, 0.29) is 5.91 Å². The van der Waals surface area contributed by atoms with Crippen LogP contribution in [0, 0.1) is 0 Å². The zero-order valence-electron chi connectivity index (χ0n) is 15.2. The van der Waals surface area contributed by atoms with Crippen molar-refractivity contribution in [3.05, 3.63) is 83.7 Å². The molecule has 27 heavy (non-hydrogen) atoms. The zero-order chi connectivity index (χ0) is 18.9. The topological polar surface area (TPSA) is 76.1 Å². The molecular weight excluding hydrogens is 340 g/mol. The smallest absolute Gasteiger partial charge is 0.270 e. The third kappa shape index (κ3) is 5.54. The van der Waals surface area contributed by atoms with Crippen LogP contribution in [0.2, 0.25) is 0 Å². The molecule has 3 rings (SSSR count). The third-order valence-corrected chi connectivity index (χ3v) is 4.02. The van der Waals surface area contributed by atoms with Crippen LogP contribution in [-0.4, -0.2) is 29.5 Å². The predicted molar refractivity (Wildman–Crippen MR) is 105 cm³/mol. The molecule has 1 aromatic heterocycles. The fourth-order valence-electron chi connectivity index (χ4n) is 2.59. The van der Waals surface area contributed by atoms with Gasteiger partial charge in [-0.15, -0.1) is 0 Å². The van der Waals surface area contributed by atoms with Gasteiger partial charge in [-0.05, 0) is 35.7 Å². The maximum Gasteiger partial charge on any atom is 0.270 e. The van der Waals surface area contributed by atoms with Gasteiger partial charge in [0, 0.05) is 19.3 Å². The lowest BCUT2D eigenvalue weighted by molar-refractivity contribution is 0.0949. The Hall–Kier alpha value is -3.41. The monoisotopic (exact) mass is 362 g/mol. The number of rotatable bonds is 8. The van der Waals surface area contributed by atoms with Crippen LogP contribution in [0.4, 0.5) is 5.95 Å². The highest BCUT2D eigenvalue weighted by Gasteiger charge is 2.08. The molecule has 6 nitrogen and oxygen atoms in total. The van der Waals surface area contributed by atoms with Gasteiger partial charge in [-0.3, -0.25) is 4.79 Å². The molecule has 0 atom stereocenters. The molecule has 0 saturated heterocycles. The van der Waals surface area contributed by atoms with E-state index in [2.05, 4.69) is 20.6 Å². The molecule has 0 bridgehead atoms. The minimum absolute atomic E-state index is 0.219. The fraction of sp³-hybridized carbons (Fsp3) is 0.190. The molecule has 6 heteroatoms. The van der Waals surface area contributed by atoms with Gasteiger partial charge >= 0.3 is 0 Å². The largest absolute Gasteiger partial charge is 0.497 e. The summed E-state index contributed by atoms with van der Waals surface area (Å²) in [4.78, 5) is 20.8. The second-order valence-corrected chi connectivity index (χ2v) is 5.96. The van der Waals surface area contributed by atoms with Gasteiger partial charge in [0.05, 0.1) is 7.11 Å². The number of anilines is 1. The first-order chi connectivity index (χ1) is 13.2. The average molecular weight is 362 g/mol. The zero-order valence-corrected chi connectivity index (χ0v) is 15.2. The number of carbonyl (C=O) groups excluding carboxylic acids is 1. The molecule has 0 saturated carbocycles. The highest BCUT2D eigenvalue weighted by atomic mass is 16.5. The van der Waals surface area contributed by atoms with Crippen molar-refractivity contribution in [1.29, 1.82) is 0 Å². The van der Waals surface area contributed by atoms with Crippen LogP contribution in [0.3, 0.4) is 0 Å². The van der Waals surface area contributed by atoms with Gasteiger partial charge in [0.25, 0.3) is 5.91 Å². The maximum absolute atomic E-state index is 12.3. The Labute approximate surface area is 158 Å². The van der Waals surface area contributed by atoms with E-state index in [9.17, 15) is 4.79 Å². The van der Waals surface area contributed by atoms with Crippen LogP contribution in [0.5, 0.6) is 5.75 Å². The van der Waals surface area contributed by atoms with E-state index in [4.69, 9.17) is 4.74 Å². The molecular formula is C21H22N4O2. The average Bonchev–Trinajstić information content (AvgIpc) is 2.73. The van der Waals surface area contributed by atoms with Crippen molar-refractivity contribution >= 4 is 11.9 Å². The molecule has 1 amide bonds. The Kier molecular flexibility index (Phi) is 6.35. The molecule has 0 aliphatic carbocycles. The van der Waals surface area contributed by atoms with Crippen LogP contribution in [0.15, 0.2) is 66.9 Å². The number of amides is 1. The number of aromatic nitrogens is 2. The molecule has 0 unspecified atom stereocenters. The van der Waals surface area contributed by atoms with Gasteiger partial charge in [-0.25, -0.2) is 9.97 Å². The fourth-order valence-corrected chi connectivity index (χ4v) is 2.59. The number of nitrogens with zero attached hydrogens (tertiary/aromatic N) is 2. The van der Waals surface area contributed by atoms with E-state index in [0.717, 1.165) is 16.9 Å². The first-order valence-corrected chi connectivity index (χ1v) is 8.76. The highest BCUT2D eigenvalue weighted by molar-refractivity contribution is 5.92. The van der Waals surface area contributed by atoms with Gasteiger partial charge in [0.2, 0.25) is 5.95 Å². The second kappa shape index (κ2) is 9.33. The first kappa shape index (κ1) is 18.4. The Bertz CT molecular complexity index is 884. The summed E-state index contributed by atoms with van der Waals surface area (Å²) in [6, 6.07) is 19.4. The van der Waals surface area contributed by atoms with Gasteiger partial charge in [-0.2, -0.15) is 0 Å². The van der Waals surface area contributed by atoms with Gasteiger partial charge in [-0.1, -0.05) is 42.5 Å². The standard InChI is InChI=1S/C21H22N4O2/c1-27-18-9-5-8-16(14-18)10-12-22-20(26)19-11-13-23-21(25-19)24-15-17-6-3-2-4-7-17/h2-9,11,13-14H,10,12,15H2,1H3,(H,22,26)(H,23,24,25). The van der Waals surface area contributed by atoms with Gasteiger partial charge in [0.15, 0.2) is 0 Å². The molecule has 138 valence electrons. The maximum atomic E-state index is 12.3. The molecule has 1 heterocycles. The Morgan fingerprint density at radius 3 is 2.67 bits per heavy atom. The summed E-state index contributed by atoms with van der Waals surface area (Å²) in [7, 11) is 1.64. The molecule has 0 aliphatic heterocycles. The molecule has 0 radical (unpaired) electrons. The first-order valence-electron chi connectivity index (χ1n) is 8.76. The second-order valence-electron chi connectivity index (χ2n) is 5.96. The molecule has 0 fully saturated rings. The number of hydrogen-bond acceptors (Lipinski definition) is 5. The number of hydrogen-bond donors (Lipinski definition) is 2. The third-order valence-electron chi connectivity index (χ3n) is 4.02. The van der Waals surface area contributed by atoms with Crippen molar-refractivity contribution in [3.8, 4) is 5.75 Å². The number of methoxy groups -OCH3 is 1. The summed E-state index contributed by atoms with van der Waals surface area (Å²) in [5, 5.41) is 6.02. The number of ether oxygens (including phenoxy) is 1. The molecule has 3 aromatic rings. The lowest BCUT2D eigenvalue weighted by atomic mass is 10.1. The summed E-state index contributed by atoms with van der Waals surface area (Å²) >= 11 is 0. The van der Waals surface area contributed by atoms with Crippen LogP contribution < -0.4 is 15.4 Å². The quantitative estimate of drug-likeness (QED) is 0.644. The van der Waals surface area contributed by atoms with Crippen LogP contribution in [-0.2, 0) is 13.0 Å². The van der Waals surface area contributed by atoms with Crippen molar-refractivity contribution in [2.75, 3.05) is 19.0 Å². The lowest BCUT2D eigenvalue weighted by Crippen LogP contribution is -2.26. The Balaban J connectivity index is 1.52. The van der Waals surface area contributed by atoms with Crippen molar-refractivity contribution in [2.45, 2.75) is 13.0 Å². The number of carbonyl (C=O) groups is 1. The van der Waals surface area contributed by atoms with E-state index >= 15 is 0 Å². The molecule has 0 aliphatic rings. The minimum atomic E-state index is -0.219. The van der Waals surface area contributed by atoms with Crippen molar-refractivity contribution in [3.63, 3.8) is 0 Å². The molecule has 0 spiro atoms. The summed E-state index contributed by atoms with van der Waals surface area (Å²) in [6.07, 6.45) is 2.30. The number of benzene rings is 2. The van der Waals surface area contributed by atoms with Gasteiger partial charge in [0.1, 0.15) is 11.4 Å². The van der Waals surface area contributed by atoms with Crippen molar-refractivity contribution in [2.24, 2.45) is 0 Å². The lowest BCUT2D eigenvalue weighted by Gasteiger charge is -2.08. The molecule has 2 N–H and O–H groups in total. The van der Waals surface area contributed by atoms with E-state index in [0.29, 0.717) is 31.2 Å². The SMILES string of the molecule is COc1cccc(CCNC(=O)c2ccnc(NCc3ccccc3)n2)c1. The highest BCUT2D eigenvalue weighted by Crippen LogP contribution is 2.12. The Morgan fingerprint density at radius 1 is 1.04 bits per heavy atom. The van der Waals surface area contributed by atoms with Gasteiger partial charge < -0.3 is 15.4 Å². The van der Waals surface area contributed by atoms with Crippen molar-refractivity contribution < 1.29 is 9.53 Å². The Morgan fingerprint density at radius 2 is 1.85 bits per heavy atom. The van der Waals surface area contributed by atoms with Crippen LogP contribution in [0.1, 0.15) is 21.6 Å². The van der Waals surface area contributed by atoms with E-state index in [1.165, 1.54) is 0 Å². The summed E-state index contributed by atoms with van der Waals surface area (Å²) < 4.78 is 5.21. The van der Waals surface area contributed by atoms with E-state index < -0.39 is 0 Å². The summed E-state index contributed by atoms with van der Waals surface area (Å²) in [5.74, 6) is 1.02. The van der Waals surface area contributed by atoms with E-state index in [1.807, 2.05) is 54.6 Å².